The highest BCUT2D eigenvalue weighted by molar-refractivity contribution is 7.92. The molecule has 0 aromatic heterocycles. The van der Waals surface area contributed by atoms with E-state index in [9.17, 15) is 22.4 Å². The number of amides is 2. The van der Waals surface area contributed by atoms with Crippen molar-refractivity contribution in [3.63, 3.8) is 0 Å². The number of benzene rings is 3. The van der Waals surface area contributed by atoms with Crippen LogP contribution in [0.1, 0.15) is 49.8 Å². The van der Waals surface area contributed by atoms with Crippen molar-refractivity contribution in [2.45, 2.75) is 64.4 Å². The highest BCUT2D eigenvalue weighted by Gasteiger charge is 2.33. The fourth-order valence-corrected chi connectivity index (χ4v) is 5.90. The third-order valence-electron chi connectivity index (χ3n) is 6.81. The van der Waals surface area contributed by atoms with Gasteiger partial charge >= 0.3 is 0 Å². The maximum Gasteiger partial charge on any atom is 0.264 e. The lowest BCUT2D eigenvalue weighted by molar-refractivity contribution is -0.140. The highest BCUT2D eigenvalue weighted by Crippen LogP contribution is 2.29. The van der Waals surface area contributed by atoms with Crippen LogP contribution in [0.4, 0.5) is 10.1 Å². The van der Waals surface area contributed by atoms with E-state index in [0.29, 0.717) is 23.6 Å². The van der Waals surface area contributed by atoms with E-state index in [2.05, 4.69) is 5.32 Å². The molecule has 3 aromatic carbocycles. The van der Waals surface area contributed by atoms with Crippen molar-refractivity contribution in [3.8, 4) is 0 Å². The molecule has 41 heavy (non-hydrogen) atoms. The van der Waals surface area contributed by atoms with E-state index in [1.165, 1.54) is 47.4 Å². The summed E-state index contributed by atoms with van der Waals surface area (Å²) in [5.74, 6) is -1.34. The summed E-state index contributed by atoms with van der Waals surface area (Å²) in [5, 5.41) is 3.23. The standard InChI is InChI=1S/C31H37ClFN3O4S/c1-5-7-18-34-31(38)29(6-2)35(20-24-11-13-25(33)14-12-24)30(37)21-36(26-15-10-23(4)28(32)19-26)41(39,40)27-16-8-22(3)9-17-27/h8-17,19,29H,5-7,18,20-21H2,1-4H3,(H,34,38). The van der Waals surface area contributed by atoms with Gasteiger partial charge in [0.05, 0.1) is 10.6 Å². The first-order valence-electron chi connectivity index (χ1n) is 13.6. The van der Waals surface area contributed by atoms with Gasteiger partial charge in [-0.2, -0.15) is 0 Å². The smallest absolute Gasteiger partial charge is 0.264 e. The average Bonchev–Trinajstić information content (AvgIpc) is 2.94. The summed E-state index contributed by atoms with van der Waals surface area (Å²) in [6, 6.07) is 15.9. The molecule has 0 aliphatic rings. The molecule has 0 heterocycles. The van der Waals surface area contributed by atoms with Crippen molar-refractivity contribution in [1.29, 1.82) is 0 Å². The predicted molar refractivity (Wildman–Crippen MR) is 161 cm³/mol. The third kappa shape index (κ3) is 8.30. The number of unbranched alkanes of at least 4 members (excludes halogenated alkanes) is 1. The molecule has 0 fully saturated rings. The van der Waals surface area contributed by atoms with Crippen molar-refractivity contribution in [3.05, 3.63) is 94.3 Å². The molecule has 10 heteroatoms. The van der Waals surface area contributed by atoms with E-state index < -0.39 is 34.3 Å². The molecule has 0 saturated heterocycles. The van der Waals surface area contributed by atoms with E-state index in [0.717, 1.165) is 28.3 Å². The molecule has 0 saturated carbocycles. The second kappa shape index (κ2) is 14.5. The van der Waals surface area contributed by atoms with Crippen LogP contribution in [0.2, 0.25) is 5.02 Å². The molecular weight excluding hydrogens is 565 g/mol. The summed E-state index contributed by atoms with van der Waals surface area (Å²) in [6.45, 7) is 7.32. The molecule has 0 radical (unpaired) electrons. The van der Waals surface area contributed by atoms with Crippen LogP contribution in [0.5, 0.6) is 0 Å². The Hall–Kier alpha value is -3.43. The number of hydrogen-bond acceptors (Lipinski definition) is 4. The van der Waals surface area contributed by atoms with Crippen LogP contribution in [0.15, 0.2) is 71.6 Å². The SMILES string of the molecule is CCCCNC(=O)C(CC)N(Cc1ccc(F)cc1)C(=O)CN(c1ccc(C)c(Cl)c1)S(=O)(=O)c1ccc(C)cc1. The number of hydrogen-bond donors (Lipinski definition) is 1. The molecule has 3 aromatic rings. The largest absolute Gasteiger partial charge is 0.354 e. The first kappa shape index (κ1) is 32.1. The monoisotopic (exact) mass is 601 g/mol. The summed E-state index contributed by atoms with van der Waals surface area (Å²) < 4.78 is 42.5. The van der Waals surface area contributed by atoms with Gasteiger partial charge < -0.3 is 10.2 Å². The molecule has 7 nitrogen and oxygen atoms in total. The number of anilines is 1. The lowest BCUT2D eigenvalue weighted by Crippen LogP contribution is -2.52. The molecule has 0 spiro atoms. The van der Waals surface area contributed by atoms with Crippen LogP contribution in [0.25, 0.3) is 0 Å². The number of nitrogens with one attached hydrogen (secondary N) is 1. The molecule has 1 atom stereocenters. The van der Waals surface area contributed by atoms with Crippen LogP contribution in [0.3, 0.4) is 0 Å². The molecule has 0 bridgehead atoms. The van der Waals surface area contributed by atoms with Gasteiger partial charge in [-0.05, 0) is 74.2 Å². The van der Waals surface area contributed by atoms with Crippen molar-refractivity contribution >= 4 is 39.1 Å². The van der Waals surface area contributed by atoms with Crippen LogP contribution < -0.4 is 9.62 Å². The van der Waals surface area contributed by atoms with Crippen LogP contribution in [0, 0.1) is 19.7 Å². The van der Waals surface area contributed by atoms with Gasteiger partial charge in [-0.15, -0.1) is 0 Å². The zero-order valence-electron chi connectivity index (χ0n) is 23.9. The van der Waals surface area contributed by atoms with Gasteiger partial charge in [0, 0.05) is 18.1 Å². The van der Waals surface area contributed by atoms with Crippen molar-refractivity contribution in [2.24, 2.45) is 0 Å². The van der Waals surface area contributed by atoms with Crippen LogP contribution in [-0.4, -0.2) is 44.3 Å². The minimum Gasteiger partial charge on any atom is -0.354 e. The first-order chi connectivity index (χ1) is 19.5. The number of carbonyl (C=O) groups is 2. The Balaban J connectivity index is 2.05. The summed E-state index contributed by atoms with van der Waals surface area (Å²) >= 11 is 6.37. The molecule has 2 amide bonds. The van der Waals surface area contributed by atoms with Gasteiger partial charge in [-0.3, -0.25) is 13.9 Å². The van der Waals surface area contributed by atoms with Crippen LogP contribution >= 0.6 is 11.6 Å². The number of aryl methyl sites for hydroxylation is 2. The number of rotatable bonds is 13. The predicted octanol–water partition coefficient (Wildman–Crippen LogP) is 6.01. The lowest BCUT2D eigenvalue weighted by Gasteiger charge is -2.33. The second-order valence-corrected chi connectivity index (χ2v) is 12.2. The number of carbonyl (C=O) groups excluding carboxylic acids is 2. The Morgan fingerprint density at radius 3 is 2.22 bits per heavy atom. The zero-order chi connectivity index (χ0) is 30.2. The summed E-state index contributed by atoms with van der Waals surface area (Å²) in [5.41, 5.74) is 2.46. The van der Waals surface area contributed by atoms with Crippen molar-refractivity contribution < 1.29 is 22.4 Å². The van der Waals surface area contributed by atoms with Gasteiger partial charge in [0.15, 0.2) is 0 Å². The Labute approximate surface area is 247 Å². The van der Waals surface area contributed by atoms with E-state index in [1.54, 1.807) is 38.1 Å². The molecule has 0 aliphatic heterocycles. The maximum atomic E-state index is 14.0. The molecule has 220 valence electrons. The van der Waals surface area contributed by atoms with E-state index in [4.69, 9.17) is 11.6 Å². The fourth-order valence-electron chi connectivity index (χ4n) is 4.32. The highest BCUT2D eigenvalue weighted by atomic mass is 35.5. The van der Waals surface area contributed by atoms with Gasteiger partial charge in [0.1, 0.15) is 18.4 Å². The van der Waals surface area contributed by atoms with Gasteiger partial charge in [0.25, 0.3) is 10.0 Å². The quantitative estimate of drug-likeness (QED) is 0.243. The zero-order valence-corrected chi connectivity index (χ0v) is 25.4. The van der Waals surface area contributed by atoms with Gasteiger partial charge in [-0.1, -0.05) is 67.8 Å². The van der Waals surface area contributed by atoms with E-state index in [-0.39, 0.29) is 23.0 Å². The molecular formula is C31H37ClFN3O4S. The number of sulfonamides is 1. The maximum absolute atomic E-state index is 14.0. The molecule has 1 unspecified atom stereocenters. The summed E-state index contributed by atoms with van der Waals surface area (Å²) in [7, 11) is -4.20. The Morgan fingerprint density at radius 2 is 1.63 bits per heavy atom. The normalized spacial score (nSPS) is 12.0. The van der Waals surface area contributed by atoms with E-state index in [1.807, 2.05) is 13.8 Å². The minimum absolute atomic E-state index is 0.00804. The third-order valence-corrected chi connectivity index (χ3v) is 9.01. The molecule has 0 aliphatic carbocycles. The summed E-state index contributed by atoms with van der Waals surface area (Å²) in [4.78, 5) is 28.6. The number of nitrogens with zero attached hydrogens (tertiary/aromatic N) is 2. The van der Waals surface area contributed by atoms with Crippen molar-refractivity contribution in [1.82, 2.24) is 10.2 Å². The van der Waals surface area contributed by atoms with E-state index >= 15 is 0 Å². The van der Waals surface area contributed by atoms with Crippen LogP contribution in [-0.2, 0) is 26.2 Å². The Morgan fingerprint density at radius 1 is 0.976 bits per heavy atom. The fraction of sp³-hybridized carbons (Fsp3) is 0.355. The van der Waals surface area contributed by atoms with Crippen molar-refractivity contribution in [2.75, 3.05) is 17.4 Å². The van der Waals surface area contributed by atoms with Gasteiger partial charge in [-0.25, -0.2) is 12.8 Å². The number of halogens is 2. The topological polar surface area (TPSA) is 86.8 Å². The minimum atomic E-state index is -4.20. The van der Waals surface area contributed by atoms with Gasteiger partial charge in [0.2, 0.25) is 11.8 Å². The molecule has 3 rings (SSSR count). The molecule has 1 N–H and O–H groups in total. The first-order valence-corrected chi connectivity index (χ1v) is 15.5. The Bertz CT molecular complexity index is 1450. The second-order valence-electron chi connectivity index (χ2n) is 9.97. The average molecular weight is 602 g/mol. The Kier molecular flexibility index (Phi) is 11.3. The lowest BCUT2D eigenvalue weighted by atomic mass is 10.1. The summed E-state index contributed by atoms with van der Waals surface area (Å²) in [6.07, 6.45) is 1.97.